The van der Waals surface area contributed by atoms with Crippen LogP contribution in [0.1, 0.15) is 15.9 Å². The van der Waals surface area contributed by atoms with Crippen molar-refractivity contribution in [3.05, 3.63) is 46.5 Å². The molecule has 1 saturated heterocycles. The highest BCUT2D eigenvalue weighted by Crippen LogP contribution is 2.35. The van der Waals surface area contributed by atoms with E-state index in [4.69, 9.17) is 15.7 Å². The van der Waals surface area contributed by atoms with E-state index in [0.717, 1.165) is 4.47 Å². The van der Waals surface area contributed by atoms with E-state index in [1.165, 1.54) is 18.6 Å². The van der Waals surface area contributed by atoms with Crippen LogP contribution in [0.2, 0.25) is 0 Å². The van der Waals surface area contributed by atoms with E-state index in [1.807, 2.05) is 17.0 Å². The van der Waals surface area contributed by atoms with Crippen LogP contribution in [0.15, 0.2) is 35.3 Å². The van der Waals surface area contributed by atoms with Gasteiger partial charge in [0.2, 0.25) is 5.95 Å². The monoisotopic (exact) mass is 456 g/mol. The van der Waals surface area contributed by atoms with Crippen LogP contribution in [0.5, 0.6) is 0 Å². The van der Waals surface area contributed by atoms with Gasteiger partial charge in [-0.1, -0.05) is 0 Å². The van der Waals surface area contributed by atoms with Gasteiger partial charge < -0.3 is 20.7 Å². The average molecular weight is 457 g/mol. The van der Waals surface area contributed by atoms with Gasteiger partial charge in [0, 0.05) is 30.9 Å². The first kappa shape index (κ1) is 19.3. The number of rotatable bonds is 5. The Hall–Kier alpha value is -3.07. The number of nitriles is 1. The highest BCUT2D eigenvalue weighted by Gasteiger charge is 2.37. The topological polar surface area (TPSA) is 134 Å². The number of hydrogen-bond acceptors (Lipinski definition) is 8. The van der Waals surface area contributed by atoms with Crippen molar-refractivity contribution in [3.8, 4) is 6.07 Å². The molecule has 0 saturated carbocycles. The molecule has 10 nitrogen and oxygen atoms in total. The Bertz CT molecular complexity index is 1110. The Kier molecular flexibility index (Phi) is 5.14. The molecule has 3 N–H and O–H groups in total. The summed E-state index contributed by atoms with van der Waals surface area (Å²) in [5.41, 5.74) is 7.43. The van der Waals surface area contributed by atoms with E-state index < -0.39 is 5.91 Å². The normalized spacial score (nSPS) is 18.7. The molecule has 0 aliphatic carbocycles. The van der Waals surface area contributed by atoms with Crippen LogP contribution in [0.3, 0.4) is 0 Å². The molecule has 1 amide bonds. The number of anilines is 2. The number of carbonyl (C=O) groups is 1. The van der Waals surface area contributed by atoms with Crippen LogP contribution in [-0.4, -0.2) is 57.8 Å². The summed E-state index contributed by atoms with van der Waals surface area (Å²) < 4.78 is 8.09. The van der Waals surface area contributed by atoms with Gasteiger partial charge in [-0.2, -0.15) is 10.4 Å². The van der Waals surface area contributed by atoms with Crippen molar-refractivity contribution >= 4 is 39.0 Å². The Morgan fingerprint density at radius 2 is 2.17 bits per heavy atom. The van der Waals surface area contributed by atoms with Gasteiger partial charge in [-0.15, -0.1) is 0 Å². The first-order chi connectivity index (χ1) is 14.0. The third kappa shape index (κ3) is 3.42. The van der Waals surface area contributed by atoms with Crippen LogP contribution in [-0.2, 0) is 4.74 Å². The van der Waals surface area contributed by atoms with E-state index in [0.29, 0.717) is 35.8 Å². The summed E-state index contributed by atoms with van der Waals surface area (Å²) >= 11 is 3.45. The maximum atomic E-state index is 12.3. The molecule has 4 rings (SSSR count). The maximum Gasteiger partial charge on any atom is 0.252 e. The van der Waals surface area contributed by atoms with Crippen LogP contribution >= 0.6 is 15.9 Å². The number of ether oxygens (including phenoxy) is 1. The van der Waals surface area contributed by atoms with Gasteiger partial charge in [0.05, 0.1) is 53.1 Å². The van der Waals surface area contributed by atoms with Gasteiger partial charge in [0.25, 0.3) is 5.91 Å². The van der Waals surface area contributed by atoms with Crippen LogP contribution < -0.4 is 16.0 Å². The summed E-state index contributed by atoms with van der Waals surface area (Å²) in [5, 5.41) is 16.7. The molecule has 0 aromatic carbocycles. The van der Waals surface area contributed by atoms with Crippen molar-refractivity contribution in [2.24, 2.45) is 5.73 Å². The number of methoxy groups -OCH3 is 1. The van der Waals surface area contributed by atoms with Gasteiger partial charge in [0.1, 0.15) is 6.07 Å². The molecule has 29 heavy (non-hydrogen) atoms. The summed E-state index contributed by atoms with van der Waals surface area (Å²) in [6, 6.07) is 3.64. The lowest BCUT2D eigenvalue weighted by Crippen LogP contribution is -2.43. The molecule has 0 spiro atoms. The Morgan fingerprint density at radius 1 is 1.41 bits per heavy atom. The lowest BCUT2D eigenvalue weighted by Gasteiger charge is -2.33. The number of nitrogens with one attached hydrogen (secondary N) is 1. The van der Waals surface area contributed by atoms with Gasteiger partial charge >= 0.3 is 0 Å². The number of aromatic nitrogens is 4. The fourth-order valence-corrected chi connectivity index (χ4v) is 3.91. The fraction of sp³-hybridized carbons (Fsp3) is 0.278. The first-order valence-electron chi connectivity index (χ1n) is 8.75. The molecule has 1 aliphatic rings. The van der Waals surface area contributed by atoms with Crippen LogP contribution in [0, 0.1) is 11.3 Å². The predicted molar refractivity (Wildman–Crippen MR) is 108 cm³/mol. The summed E-state index contributed by atoms with van der Waals surface area (Å²) in [6.45, 7) is 1.21. The second-order valence-electron chi connectivity index (χ2n) is 6.51. The number of primary amides is 1. The zero-order valence-corrected chi connectivity index (χ0v) is 17.0. The number of amides is 1. The molecule has 1 aliphatic heterocycles. The highest BCUT2D eigenvalue weighted by molar-refractivity contribution is 9.10. The lowest BCUT2D eigenvalue weighted by molar-refractivity contribution is 0.0996. The van der Waals surface area contributed by atoms with E-state index in [2.05, 4.69) is 36.3 Å². The first-order valence-corrected chi connectivity index (χ1v) is 9.54. The summed E-state index contributed by atoms with van der Waals surface area (Å²) in [6.07, 6.45) is 5.91. The minimum Gasteiger partial charge on any atom is -0.378 e. The molecule has 0 bridgehead atoms. The Labute approximate surface area is 174 Å². The zero-order chi connectivity index (χ0) is 20.5. The summed E-state index contributed by atoms with van der Waals surface area (Å²) in [7, 11) is 1.63. The summed E-state index contributed by atoms with van der Waals surface area (Å²) in [4.78, 5) is 22.8. The number of hydrogen-bond donors (Lipinski definition) is 2. The van der Waals surface area contributed by atoms with Crippen LogP contribution in [0.4, 0.5) is 11.6 Å². The van der Waals surface area contributed by atoms with Crippen molar-refractivity contribution < 1.29 is 9.53 Å². The number of halogens is 1. The summed E-state index contributed by atoms with van der Waals surface area (Å²) in [5.74, 6) is -0.293. The Balaban J connectivity index is 1.99. The molecule has 3 aromatic heterocycles. The highest BCUT2D eigenvalue weighted by atomic mass is 79.9. The second kappa shape index (κ2) is 7.75. The zero-order valence-electron chi connectivity index (χ0n) is 15.4. The number of nitrogens with zero attached hydrogens (tertiary/aromatic N) is 6. The molecule has 148 valence electrons. The SMILES string of the molecule is COC1CNCC1N(c1ncc(C#N)cn1)c1c(C(N)=O)cnn2cc(Br)cc12. The minimum absolute atomic E-state index is 0.179. The van der Waals surface area contributed by atoms with Gasteiger partial charge in [-0.25, -0.2) is 14.5 Å². The van der Waals surface area contributed by atoms with Crippen molar-refractivity contribution in [2.75, 3.05) is 25.1 Å². The fourth-order valence-electron chi connectivity index (χ4n) is 3.50. The smallest absolute Gasteiger partial charge is 0.252 e. The van der Waals surface area contributed by atoms with E-state index in [9.17, 15) is 4.79 Å². The average Bonchev–Trinajstić information content (AvgIpc) is 3.34. The van der Waals surface area contributed by atoms with Crippen molar-refractivity contribution in [1.29, 1.82) is 5.26 Å². The quantitative estimate of drug-likeness (QED) is 0.579. The third-order valence-electron chi connectivity index (χ3n) is 4.83. The molecular formula is C18H17BrN8O2. The van der Waals surface area contributed by atoms with E-state index in [1.54, 1.807) is 17.8 Å². The molecule has 2 unspecified atom stereocenters. The molecule has 3 aromatic rings. The minimum atomic E-state index is -0.620. The number of fused-ring (bicyclic) bond motifs is 1. The molecule has 0 radical (unpaired) electrons. The van der Waals surface area contributed by atoms with Crippen LogP contribution in [0.25, 0.3) is 5.52 Å². The Morgan fingerprint density at radius 3 is 2.83 bits per heavy atom. The molecule has 1 fully saturated rings. The van der Waals surface area contributed by atoms with Crippen molar-refractivity contribution in [1.82, 2.24) is 24.9 Å². The third-order valence-corrected chi connectivity index (χ3v) is 5.26. The second-order valence-corrected chi connectivity index (χ2v) is 7.43. The predicted octanol–water partition coefficient (Wildman–Crippen LogP) is 0.982. The van der Waals surface area contributed by atoms with Crippen molar-refractivity contribution in [2.45, 2.75) is 12.1 Å². The van der Waals surface area contributed by atoms with Crippen molar-refractivity contribution in [3.63, 3.8) is 0 Å². The lowest BCUT2D eigenvalue weighted by atomic mass is 10.1. The molecule has 11 heteroatoms. The maximum absolute atomic E-state index is 12.3. The number of carbonyl (C=O) groups excluding carboxylic acids is 1. The van der Waals surface area contributed by atoms with Gasteiger partial charge in [0.15, 0.2) is 0 Å². The van der Waals surface area contributed by atoms with E-state index >= 15 is 0 Å². The number of nitrogens with two attached hydrogens (primary N) is 1. The standard InChI is InChI=1S/C18H17BrN8O2/c1-29-15-8-22-7-14(15)27(18-23-4-10(3-20)5-24-18)16-12(17(21)28)6-25-26-9-11(19)2-13(16)26/h2,4-6,9,14-15,22H,7-8H2,1H3,(H2,21,28). The van der Waals surface area contributed by atoms with Gasteiger partial charge in [-0.05, 0) is 22.0 Å². The van der Waals surface area contributed by atoms with E-state index in [-0.39, 0.29) is 17.7 Å². The molecule has 4 heterocycles. The van der Waals surface area contributed by atoms with Gasteiger partial charge in [-0.3, -0.25) is 4.79 Å². The molecular weight excluding hydrogens is 440 g/mol. The molecule has 2 atom stereocenters. The largest absolute Gasteiger partial charge is 0.378 e.